The summed E-state index contributed by atoms with van der Waals surface area (Å²) >= 11 is 3.34. The SMILES string of the molecule is O=C1CCCc2c1ccn2-c1cc(Br)ccc1F. The summed E-state index contributed by atoms with van der Waals surface area (Å²) in [5, 5.41) is 0. The standard InChI is InChI=1S/C14H11BrFNO/c15-9-4-5-11(16)13(8-9)17-7-6-10-12(17)2-1-3-14(10)18/h4-8H,1-3H2. The number of carbonyl (C=O) groups is 1. The van der Waals surface area contributed by atoms with Crippen molar-refractivity contribution in [1.29, 1.82) is 0 Å². The number of halogens is 2. The molecule has 1 aliphatic rings. The maximum Gasteiger partial charge on any atom is 0.164 e. The lowest BCUT2D eigenvalue weighted by Gasteiger charge is -2.15. The molecule has 1 heterocycles. The van der Waals surface area contributed by atoms with Crippen molar-refractivity contribution >= 4 is 21.7 Å². The van der Waals surface area contributed by atoms with E-state index in [0.29, 0.717) is 12.1 Å². The fourth-order valence-corrected chi connectivity index (χ4v) is 2.77. The van der Waals surface area contributed by atoms with E-state index in [1.807, 2.05) is 0 Å². The number of benzene rings is 1. The number of hydrogen-bond donors (Lipinski definition) is 0. The number of rotatable bonds is 1. The maximum atomic E-state index is 13.9. The number of carbonyl (C=O) groups excluding carboxylic acids is 1. The molecule has 1 aliphatic carbocycles. The van der Waals surface area contributed by atoms with E-state index in [1.165, 1.54) is 6.07 Å². The number of aromatic nitrogens is 1. The molecule has 0 radical (unpaired) electrons. The van der Waals surface area contributed by atoms with Crippen LogP contribution < -0.4 is 0 Å². The van der Waals surface area contributed by atoms with Gasteiger partial charge in [-0.05, 0) is 37.1 Å². The van der Waals surface area contributed by atoms with Crippen molar-refractivity contribution in [2.45, 2.75) is 19.3 Å². The molecule has 0 N–H and O–H groups in total. The largest absolute Gasteiger partial charge is 0.317 e. The van der Waals surface area contributed by atoms with Crippen LogP contribution >= 0.6 is 15.9 Å². The summed E-state index contributed by atoms with van der Waals surface area (Å²) in [6.45, 7) is 0. The van der Waals surface area contributed by atoms with Crippen LogP contribution in [0.4, 0.5) is 4.39 Å². The summed E-state index contributed by atoms with van der Waals surface area (Å²) < 4.78 is 16.5. The lowest BCUT2D eigenvalue weighted by Crippen LogP contribution is -2.12. The summed E-state index contributed by atoms with van der Waals surface area (Å²) in [6.07, 6.45) is 4.03. The predicted octanol–water partition coefficient (Wildman–Crippen LogP) is 3.90. The van der Waals surface area contributed by atoms with Gasteiger partial charge in [-0.1, -0.05) is 15.9 Å². The molecule has 1 aromatic carbocycles. The molecular formula is C14H11BrFNO. The van der Waals surface area contributed by atoms with Crippen LogP contribution in [-0.2, 0) is 6.42 Å². The van der Waals surface area contributed by atoms with E-state index in [1.54, 1.807) is 29.0 Å². The second kappa shape index (κ2) is 4.35. The molecule has 0 atom stereocenters. The Kier molecular flexibility index (Phi) is 2.82. The topological polar surface area (TPSA) is 22.0 Å². The van der Waals surface area contributed by atoms with Crippen LogP contribution in [-0.4, -0.2) is 10.4 Å². The maximum absolute atomic E-state index is 13.9. The predicted molar refractivity (Wildman–Crippen MR) is 70.7 cm³/mol. The highest BCUT2D eigenvalue weighted by molar-refractivity contribution is 9.10. The summed E-state index contributed by atoms with van der Waals surface area (Å²) in [4.78, 5) is 11.8. The van der Waals surface area contributed by atoms with Gasteiger partial charge in [0.25, 0.3) is 0 Å². The third-order valence-corrected chi connectivity index (χ3v) is 3.77. The molecule has 2 nitrogen and oxygen atoms in total. The minimum Gasteiger partial charge on any atom is -0.317 e. The molecule has 0 amide bonds. The first-order valence-corrected chi connectivity index (χ1v) is 6.65. The fraction of sp³-hybridized carbons (Fsp3) is 0.214. The zero-order chi connectivity index (χ0) is 12.7. The van der Waals surface area contributed by atoms with Crippen molar-refractivity contribution in [3.8, 4) is 5.69 Å². The van der Waals surface area contributed by atoms with Crippen molar-refractivity contribution in [2.24, 2.45) is 0 Å². The van der Waals surface area contributed by atoms with Crippen LogP contribution in [0, 0.1) is 5.82 Å². The highest BCUT2D eigenvalue weighted by Crippen LogP contribution is 2.27. The zero-order valence-corrected chi connectivity index (χ0v) is 11.2. The molecule has 0 saturated heterocycles. The van der Waals surface area contributed by atoms with Crippen molar-refractivity contribution in [3.05, 3.63) is 52.0 Å². The van der Waals surface area contributed by atoms with Gasteiger partial charge in [-0.15, -0.1) is 0 Å². The lowest BCUT2D eigenvalue weighted by atomic mass is 9.97. The highest BCUT2D eigenvalue weighted by Gasteiger charge is 2.22. The highest BCUT2D eigenvalue weighted by atomic mass is 79.9. The number of ketones is 1. The Morgan fingerprint density at radius 2 is 2.06 bits per heavy atom. The molecule has 0 unspecified atom stereocenters. The Labute approximate surface area is 113 Å². The molecule has 3 rings (SSSR count). The second-order valence-electron chi connectivity index (χ2n) is 4.42. The number of fused-ring (bicyclic) bond motifs is 1. The molecule has 0 aliphatic heterocycles. The molecule has 0 fully saturated rings. The van der Waals surface area contributed by atoms with Gasteiger partial charge in [0, 0.05) is 28.3 Å². The van der Waals surface area contributed by atoms with Gasteiger partial charge in [0.1, 0.15) is 5.82 Å². The third-order valence-electron chi connectivity index (χ3n) is 3.28. The normalized spacial score (nSPS) is 14.7. The van der Waals surface area contributed by atoms with Gasteiger partial charge in [0.05, 0.1) is 5.69 Å². The Morgan fingerprint density at radius 3 is 2.89 bits per heavy atom. The summed E-state index contributed by atoms with van der Waals surface area (Å²) in [6, 6.07) is 6.61. The van der Waals surface area contributed by atoms with Crippen LogP contribution in [0.2, 0.25) is 0 Å². The van der Waals surface area contributed by atoms with E-state index in [4.69, 9.17) is 0 Å². The van der Waals surface area contributed by atoms with Crippen LogP contribution in [0.1, 0.15) is 28.9 Å². The van der Waals surface area contributed by atoms with Gasteiger partial charge >= 0.3 is 0 Å². The Bertz CT molecular complexity index is 633. The molecule has 4 heteroatoms. The average molecular weight is 308 g/mol. The van der Waals surface area contributed by atoms with Crippen LogP contribution in [0.25, 0.3) is 5.69 Å². The molecule has 2 aromatic rings. The average Bonchev–Trinajstić information content (AvgIpc) is 2.77. The van der Waals surface area contributed by atoms with E-state index in [2.05, 4.69) is 15.9 Å². The first kappa shape index (κ1) is 11.7. The first-order valence-electron chi connectivity index (χ1n) is 5.85. The van der Waals surface area contributed by atoms with Crippen LogP contribution in [0.5, 0.6) is 0 Å². The molecule has 92 valence electrons. The Hall–Kier alpha value is -1.42. The zero-order valence-electron chi connectivity index (χ0n) is 9.62. The molecule has 18 heavy (non-hydrogen) atoms. The quantitative estimate of drug-likeness (QED) is 0.783. The first-order chi connectivity index (χ1) is 8.66. The van der Waals surface area contributed by atoms with Crippen molar-refractivity contribution < 1.29 is 9.18 Å². The Balaban J connectivity index is 2.18. The van der Waals surface area contributed by atoms with Gasteiger partial charge in [-0.25, -0.2) is 4.39 Å². The molecule has 1 aromatic heterocycles. The van der Waals surface area contributed by atoms with Crippen molar-refractivity contribution in [2.75, 3.05) is 0 Å². The minimum absolute atomic E-state index is 0.158. The number of hydrogen-bond acceptors (Lipinski definition) is 1. The molecule has 0 spiro atoms. The third kappa shape index (κ3) is 1.81. The van der Waals surface area contributed by atoms with E-state index in [0.717, 1.165) is 28.6 Å². The second-order valence-corrected chi connectivity index (χ2v) is 5.33. The van der Waals surface area contributed by atoms with Gasteiger partial charge in [-0.2, -0.15) is 0 Å². The van der Waals surface area contributed by atoms with Crippen molar-refractivity contribution in [1.82, 2.24) is 4.57 Å². The summed E-state index contributed by atoms with van der Waals surface area (Å²) in [7, 11) is 0. The van der Waals surface area contributed by atoms with E-state index in [-0.39, 0.29) is 11.6 Å². The smallest absolute Gasteiger partial charge is 0.164 e. The van der Waals surface area contributed by atoms with E-state index < -0.39 is 0 Å². The van der Waals surface area contributed by atoms with E-state index >= 15 is 0 Å². The number of nitrogens with zero attached hydrogens (tertiary/aromatic N) is 1. The lowest BCUT2D eigenvalue weighted by molar-refractivity contribution is 0.0972. The monoisotopic (exact) mass is 307 g/mol. The molecular weight excluding hydrogens is 297 g/mol. The van der Waals surface area contributed by atoms with Gasteiger partial charge < -0.3 is 4.57 Å². The molecule has 0 saturated carbocycles. The van der Waals surface area contributed by atoms with Gasteiger partial charge in [-0.3, -0.25) is 4.79 Å². The van der Waals surface area contributed by atoms with E-state index in [9.17, 15) is 9.18 Å². The summed E-state index contributed by atoms with van der Waals surface area (Å²) in [5.74, 6) is -0.125. The van der Waals surface area contributed by atoms with Gasteiger partial charge in [0.2, 0.25) is 0 Å². The van der Waals surface area contributed by atoms with Crippen LogP contribution in [0.15, 0.2) is 34.9 Å². The molecule has 0 bridgehead atoms. The van der Waals surface area contributed by atoms with Crippen LogP contribution in [0.3, 0.4) is 0 Å². The van der Waals surface area contributed by atoms with Gasteiger partial charge in [0.15, 0.2) is 5.78 Å². The minimum atomic E-state index is -0.283. The summed E-state index contributed by atoms with van der Waals surface area (Å²) in [5.41, 5.74) is 2.14. The fourth-order valence-electron chi connectivity index (χ4n) is 2.42. The van der Waals surface area contributed by atoms with Crippen molar-refractivity contribution in [3.63, 3.8) is 0 Å². The number of Topliss-reactive ketones (excluding diaryl/α,β-unsaturated/α-hetero) is 1. The Morgan fingerprint density at radius 1 is 1.22 bits per heavy atom.